The van der Waals surface area contributed by atoms with Crippen LogP contribution in [0.2, 0.25) is 0 Å². The lowest BCUT2D eigenvalue weighted by molar-refractivity contribution is 0.317. The summed E-state index contributed by atoms with van der Waals surface area (Å²) in [6.07, 6.45) is 5.44. The SMILES string of the molecule is CC(C)(C)[S@@](=O)[C]1[CH][CH][CH][C]1CO. The van der Waals surface area contributed by atoms with Crippen LogP contribution in [0, 0.1) is 30.4 Å². The van der Waals surface area contributed by atoms with E-state index in [0.29, 0.717) is 0 Å². The van der Waals surface area contributed by atoms with Gasteiger partial charge in [0.2, 0.25) is 0 Å². The second kappa shape index (κ2) is 4.09. The quantitative estimate of drug-likeness (QED) is 0.727. The number of hydrogen-bond acceptors (Lipinski definition) is 2. The molecule has 0 spiro atoms. The Morgan fingerprint density at radius 1 is 1.38 bits per heavy atom. The molecule has 1 aliphatic rings. The Kier molecular flexibility index (Phi) is 3.52. The van der Waals surface area contributed by atoms with E-state index in [1.54, 1.807) is 6.42 Å². The Morgan fingerprint density at radius 3 is 2.46 bits per heavy atom. The molecule has 0 heterocycles. The van der Waals surface area contributed by atoms with E-state index in [9.17, 15) is 4.21 Å². The highest BCUT2D eigenvalue weighted by molar-refractivity contribution is 7.89. The minimum Gasteiger partial charge on any atom is -0.396 e. The van der Waals surface area contributed by atoms with Gasteiger partial charge >= 0.3 is 0 Å². The Labute approximate surface area is 83.2 Å². The van der Waals surface area contributed by atoms with Crippen LogP contribution in [0.15, 0.2) is 0 Å². The van der Waals surface area contributed by atoms with Crippen LogP contribution in [0.1, 0.15) is 20.8 Å². The van der Waals surface area contributed by atoms with Gasteiger partial charge in [0.25, 0.3) is 0 Å². The molecule has 73 valence electrons. The lowest BCUT2D eigenvalue weighted by atomic mass is 10.1. The van der Waals surface area contributed by atoms with E-state index in [1.807, 2.05) is 33.6 Å². The summed E-state index contributed by atoms with van der Waals surface area (Å²) in [5, 5.41) is 9.75. The number of aliphatic hydroxyl groups excluding tert-OH is 1. The third kappa shape index (κ3) is 2.53. The van der Waals surface area contributed by atoms with Gasteiger partial charge in [-0.1, -0.05) is 0 Å². The fourth-order valence-corrected chi connectivity index (χ4v) is 2.31. The Balaban J connectivity index is 2.66. The summed E-state index contributed by atoms with van der Waals surface area (Å²) in [6, 6.07) is 0. The van der Waals surface area contributed by atoms with E-state index in [0.717, 1.165) is 11.2 Å². The van der Waals surface area contributed by atoms with E-state index < -0.39 is 10.8 Å². The van der Waals surface area contributed by atoms with Crippen LogP contribution in [0.4, 0.5) is 0 Å². The number of rotatable bonds is 2. The van der Waals surface area contributed by atoms with Gasteiger partial charge in [-0.25, -0.2) is 0 Å². The summed E-state index contributed by atoms with van der Waals surface area (Å²) in [5.74, 6) is 0.772. The molecule has 1 atom stereocenters. The van der Waals surface area contributed by atoms with Crippen molar-refractivity contribution in [1.82, 2.24) is 0 Å². The molecule has 3 heteroatoms. The molecule has 0 aromatic carbocycles. The monoisotopic (exact) mass is 199 g/mol. The molecule has 1 aliphatic carbocycles. The zero-order valence-electron chi connectivity index (χ0n) is 8.20. The predicted octanol–water partition coefficient (Wildman–Crippen LogP) is 1.26. The highest BCUT2D eigenvalue weighted by Crippen LogP contribution is 2.38. The molecule has 0 unspecified atom stereocenters. The molecule has 0 bridgehead atoms. The summed E-state index contributed by atoms with van der Waals surface area (Å²) in [4.78, 5) is 0. The van der Waals surface area contributed by atoms with Crippen LogP contribution in [-0.2, 0) is 10.8 Å². The van der Waals surface area contributed by atoms with Gasteiger partial charge in [-0.15, -0.1) is 0 Å². The second-order valence-electron chi connectivity index (χ2n) is 3.95. The largest absolute Gasteiger partial charge is 0.396 e. The van der Waals surface area contributed by atoms with E-state index in [4.69, 9.17) is 5.11 Å². The first-order valence-corrected chi connectivity index (χ1v) is 5.39. The molecule has 1 rings (SSSR count). The van der Waals surface area contributed by atoms with Gasteiger partial charge in [0, 0.05) is 21.5 Å². The predicted molar refractivity (Wildman–Crippen MR) is 54.4 cm³/mol. The summed E-state index contributed by atoms with van der Waals surface area (Å²) >= 11 is 0. The summed E-state index contributed by atoms with van der Waals surface area (Å²) in [7, 11) is -1.04. The molecule has 5 radical (unpaired) electrons. The van der Waals surface area contributed by atoms with E-state index in [-0.39, 0.29) is 11.4 Å². The fraction of sp³-hybridized carbons (Fsp3) is 0.500. The zero-order chi connectivity index (χ0) is 10.1. The Hall–Kier alpha value is 0.110. The first kappa shape index (κ1) is 11.2. The summed E-state index contributed by atoms with van der Waals surface area (Å²) in [5.41, 5.74) is 0. The fourth-order valence-electron chi connectivity index (χ4n) is 1.08. The Bertz CT molecular complexity index is 196. The van der Waals surface area contributed by atoms with Gasteiger partial charge in [-0.05, 0) is 40.0 Å². The molecule has 0 amide bonds. The maximum absolute atomic E-state index is 11.9. The van der Waals surface area contributed by atoms with Crippen molar-refractivity contribution in [2.24, 2.45) is 0 Å². The first-order chi connectivity index (χ1) is 5.96. The normalized spacial score (nSPS) is 23.7. The molecule has 0 saturated heterocycles. The van der Waals surface area contributed by atoms with Gasteiger partial charge in [0.1, 0.15) is 0 Å². The van der Waals surface area contributed by atoms with Crippen LogP contribution in [0.25, 0.3) is 0 Å². The maximum Gasteiger partial charge on any atom is 0.0767 e. The molecule has 0 aliphatic heterocycles. The van der Waals surface area contributed by atoms with Crippen molar-refractivity contribution in [1.29, 1.82) is 0 Å². The van der Waals surface area contributed by atoms with Crippen molar-refractivity contribution in [3.63, 3.8) is 0 Å². The van der Waals surface area contributed by atoms with Gasteiger partial charge in [-0.3, -0.25) is 4.21 Å². The number of aliphatic hydroxyl groups is 1. The average Bonchev–Trinajstić information content (AvgIpc) is 2.48. The van der Waals surface area contributed by atoms with Gasteiger partial charge < -0.3 is 5.11 Å². The standard InChI is InChI=1S/C10H15O2S/c1-10(2,3)13(12)9-6-4-5-8(9)7-11/h4-6,11H,7H2,1-3H3/t13-/m0/s1. The highest BCUT2D eigenvalue weighted by atomic mass is 32.2. The van der Waals surface area contributed by atoms with Crippen molar-refractivity contribution < 1.29 is 9.32 Å². The first-order valence-electron chi connectivity index (χ1n) is 4.24. The van der Waals surface area contributed by atoms with Crippen LogP contribution in [-0.4, -0.2) is 20.7 Å². The average molecular weight is 199 g/mol. The van der Waals surface area contributed by atoms with Crippen molar-refractivity contribution in [2.75, 3.05) is 6.61 Å². The van der Waals surface area contributed by atoms with Crippen LogP contribution < -0.4 is 0 Å². The number of hydrogen-bond donors (Lipinski definition) is 1. The van der Waals surface area contributed by atoms with Crippen molar-refractivity contribution in [3.05, 3.63) is 30.4 Å². The van der Waals surface area contributed by atoms with E-state index >= 15 is 0 Å². The smallest absolute Gasteiger partial charge is 0.0767 e. The molecule has 13 heavy (non-hydrogen) atoms. The highest BCUT2D eigenvalue weighted by Gasteiger charge is 2.38. The molecule has 0 aromatic heterocycles. The van der Waals surface area contributed by atoms with E-state index in [1.165, 1.54) is 0 Å². The lowest BCUT2D eigenvalue weighted by Crippen LogP contribution is -2.29. The van der Waals surface area contributed by atoms with Crippen LogP contribution in [0.3, 0.4) is 0 Å². The van der Waals surface area contributed by atoms with E-state index in [2.05, 4.69) is 0 Å². The van der Waals surface area contributed by atoms with Crippen LogP contribution in [0.5, 0.6) is 0 Å². The molecule has 1 saturated carbocycles. The van der Waals surface area contributed by atoms with Crippen molar-refractivity contribution in [3.8, 4) is 0 Å². The van der Waals surface area contributed by atoms with Gasteiger partial charge in [0.05, 0.1) is 11.9 Å². The summed E-state index contributed by atoms with van der Waals surface area (Å²) in [6.45, 7) is 5.75. The molecule has 1 N–H and O–H groups in total. The topological polar surface area (TPSA) is 37.3 Å². The third-order valence-electron chi connectivity index (χ3n) is 1.79. The third-order valence-corrected chi connectivity index (χ3v) is 3.70. The lowest BCUT2D eigenvalue weighted by Gasteiger charge is -2.24. The molecule has 2 nitrogen and oxygen atoms in total. The molecular weight excluding hydrogens is 184 g/mol. The van der Waals surface area contributed by atoms with Gasteiger partial charge in [-0.2, -0.15) is 0 Å². The molecule has 1 fully saturated rings. The summed E-state index contributed by atoms with van der Waals surface area (Å²) < 4.78 is 11.6. The second-order valence-corrected chi connectivity index (χ2v) is 6.16. The van der Waals surface area contributed by atoms with Crippen LogP contribution >= 0.6 is 0 Å². The minimum atomic E-state index is -1.04. The Morgan fingerprint density at radius 2 is 2.00 bits per heavy atom. The van der Waals surface area contributed by atoms with Gasteiger partial charge in [0.15, 0.2) is 0 Å². The molecule has 0 aromatic rings. The van der Waals surface area contributed by atoms with Crippen molar-refractivity contribution in [2.45, 2.75) is 25.5 Å². The minimum absolute atomic E-state index is 0.0375. The maximum atomic E-state index is 11.9. The van der Waals surface area contributed by atoms with Crippen molar-refractivity contribution >= 4 is 10.8 Å². The molecular formula is C10H15O2S. The zero-order valence-corrected chi connectivity index (χ0v) is 9.02.